The van der Waals surface area contributed by atoms with Gasteiger partial charge in [0.05, 0.1) is 61.6 Å². The Morgan fingerprint density at radius 1 is 0.333 bits per heavy atom. The molecular weight excluding hydrogens is 1140 g/mol. The SMILES string of the molecule is CCCCc1c2nc(c(-c3ccccc3)c3ccc([nH]3)c(C#Cc3ccc(-c4c5nc(c(-c6ccccc6)c6ccc([nH]6)c(-c6ccc([N+](=O)[O-])cc6)c6nc(c(-c7ccccc7)c7ccc4[nH]7)C=C6)C=C5)cc3)c3nc(c(-c4ccccc4)c4ccc1[nH]4)C=C3)C=C2. The summed E-state index contributed by atoms with van der Waals surface area (Å²) in [6, 6.07) is 73.5. The van der Waals surface area contributed by atoms with E-state index >= 15 is 0 Å². The van der Waals surface area contributed by atoms with Crippen LogP contribution in [0.4, 0.5) is 5.69 Å². The van der Waals surface area contributed by atoms with Gasteiger partial charge in [-0.2, -0.15) is 0 Å². The van der Waals surface area contributed by atoms with E-state index in [1.54, 1.807) is 12.1 Å². The lowest BCUT2D eigenvalue weighted by molar-refractivity contribution is -0.384. The number of nitrogens with zero attached hydrogens (tertiary/aromatic N) is 5. The molecule has 0 spiro atoms. The van der Waals surface area contributed by atoms with Gasteiger partial charge >= 0.3 is 0 Å². The molecular formula is C82H57N9O2. The second-order valence-electron chi connectivity index (χ2n) is 23.3. The van der Waals surface area contributed by atoms with Gasteiger partial charge in [0.1, 0.15) is 0 Å². The summed E-state index contributed by atoms with van der Waals surface area (Å²) in [7, 11) is 0. The summed E-state index contributed by atoms with van der Waals surface area (Å²) in [5, 5.41) is 11.9. The molecule has 4 aliphatic rings. The third-order valence-corrected chi connectivity index (χ3v) is 17.5. The van der Waals surface area contributed by atoms with Crippen LogP contribution in [0.5, 0.6) is 0 Å². The minimum Gasteiger partial charge on any atom is -0.355 e. The van der Waals surface area contributed by atoms with Gasteiger partial charge in [0, 0.05) is 95.3 Å². The first-order valence-electron chi connectivity index (χ1n) is 31.3. The fourth-order valence-corrected chi connectivity index (χ4v) is 13.1. The first-order chi connectivity index (χ1) is 45.8. The molecule has 6 aromatic heterocycles. The van der Waals surface area contributed by atoms with Gasteiger partial charge in [-0.15, -0.1) is 0 Å². The maximum atomic E-state index is 11.9. The van der Waals surface area contributed by atoms with E-state index in [9.17, 15) is 10.1 Å². The van der Waals surface area contributed by atoms with Crippen LogP contribution in [0.15, 0.2) is 218 Å². The van der Waals surface area contributed by atoms with Gasteiger partial charge in [-0.3, -0.25) is 10.1 Å². The number of aromatic amines is 4. The number of rotatable bonds is 10. The van der Waals surface area contributed by atoms with E-state index in [4.69, 9.17) is 19.9 Å². The van der Waals surface area contributed by atoms with Crippen LogP contribution < -0.4 is 0 Å². The number of aromatic nitrogens is 8. The summed E-state index contributed by atoms with van der Waals surface area (Å²) in [5.74, 6) is 7.25. The molecule has 10 heterocycles. The summed E-state index contributed by atoms with van der Waals surface area (Å²) in [4.78, 5) is 48.6. The number of aryl methyl sites for hydroxylation is 1. The topological polar surface area (TPSA) is 158 Å². The largest absolute Gasteiger partial charge is 0.355 e. The van der Waals surface area contributed by atoms with E-state index < -0.39 is 0 Å². The molecule has 11 nitrogen and oxygen atoms in total. The Kier molecular flexibility index (Phi) is 14.3. The monoisotopic (exact) mass is 1200 g/mol. The molecule has 4 aliphatic heterocycles. The van der Waals surface area contributed by atoms with Gasteiger partial charge in [0.25, 0.3) is 5.69 Å². The minimum atomic E-state index is -0.379. The maximum Gasteiger partial charge on any atom is 0.269 e. The smallest absolute Gasteiger partial charge is 0.269 e. The Bertz CT molecular complexity index is 5470. The van der Waals surface area contributed by atoms with Gasteiger partial charge in [-0.25, -0.2) is 19.9 Å². The molecule has 4 N–H and O–H groups in total. The lowest BCUT2D eigenvalue weighted by Crippen LogP contribution is -1.92. The van der Waals surface area contributed by atoms with Crippen molar-refractivity contribution < 1.29 is 4.92 Å². The number of hydrogen-bond donors (Lipinski definition) is 4. The van der Waals surface area contributed by atoms with E-state index in [2.05, 4.69) is 221 Å². The fourth-order valence-electron chi connectivity index (χ4n) is 13.1. The Morgan fingerprint density at radius 3 is 1.02 bits per heavy atom. The highest BCUT2D eigenvalue weighted by molar-refractivity contribution is 6.01. The average Bonchev–Trinajstić information content (AvgIpc) is 1.71. The normalized spacial score (nSPS) is 12.1. The quantitative estimate of drug-likeness (QED) is 0.0606. The van der Waals surface area contributed by atoms with E-state index in [0.717, 1.165) is 181 Å². The van der Waals surface area contributed by atoms with Crippen molar-refractivity contribution in [2.45, 2.75) is 26.2 Å². The van der Waals surface area contributed by atoms with Crippen molar-refractivity contribution in [1.29, 1.82) is 0 Å². The van der Waals surface area contributed by atoms with Gasteiger partial charge in [-0.1, -0.05) is 159 Å². The van der Waals surface area contributed by atoms with Crippen LogP contribution in [0.2, 0.25) is 0 Å². The summed E-state index contributed by atoms with van der Waals surface area (Å²) in [6.45, 7) is 2.23. The van der Waals surface area contributed by atoms with Crippen molar-refractivity contribution in [2.24, 2.45) is 0 Å². The summed E-state index contributed by atoms with van der Waals surface area (Å²) < 4.78 is 0. The van der Waals surface area contributed by atoms with Crippen molar-refractivity contribution in [3.8, 4) is 78.6 Å². The summed E-state index contributed by atoms with van der Waals surface area (Å²) in [6.07, 6.45) is 19.7. The predicted octanol–water partition coefficient (Wildman–Crippen LogP) is 20.3. The Labute approximate surface area is 535 Å². The molecule has 6 aromatic carbocycles. The van der Waals surface area contributed by atoms with Crippen LogP contribution in [0.1, 0.15) is 82.0 Å². The third kappa shape index (κ3) is 10.6. The molecule has 0 saturated carbocycles. The molecule has 0 atom stereocenters. The number of nitro groups is 1. The zero-order valence-electron chi connectivity index (χ0n) is 50.6. The van der Waals surface area contributed by atoms with Crippen LogP contribution in [0, 0.1) is 22.0 Å². The Hall–Kier alpha value is -12.5. The number of nitrogens with one attached hydrogen (secondary N) is 4. The van der Waals surface area contributed by atoms with Crippen molar-refractivity contribution in [1.82, 2.24) is 39.9 Å². The molecule has 0 saturated heterocycles. The van der Waals surface area contributed by atoms with E-state index in [1.165, 1.54) is 17.7 Å². The van der Waals surface area contributed by atoms with Gasteiger partial charge in [0.2, 0.25) is 0 Å². The number of unbranched alkanes of at least 4 members (excludes halogenated alkanes) is 1. The fraction of sp³-hybridized carbons (Fsp3) is 0.0488. The van der Waals surface area contributed by atoms with Crippen molar-refractivity contribution in [2.75, 3.05) is 0 Å². The van der Waals surface area contributed by atoms with Crippen LogP contribution in [-0.2, 0) is 6.42 Å². The number of nitro benzene ring substituents is 1. The van der Waals surface area contributed by atoms with Gasteiger partial charge in [0.15, 0.2) is 0 Å². The molecule has 0 unspecified atom stereocenters. The van der Waals surface area contributed by atoms with E-state index in [1.807, 2.05) is 60.7 Å². The minimum absolute atomic E-state index is 0.00981. The van der Waals surface area contributed by atoms with Crippen molar-refractivity contribution >= 4 is 98.4 Å². The Balaban J connectivity index is 0.896. The second kappa shape index (κ2) is 23.8. The molecule has 16 bridgehead atoms. The van der Waals surface area contributed by atoms with Crippen LogP contribution in [0.3, 0.4) is 0 Å². The highest BCUT2D eigenvalue weighted by Crippen LogP contribution is 2.41. The van der Waals surface area contributed by atoms with E-state index in [0.29, 0.717) is 5.69 Å². The zero-order chi connectivity index (χ0) is 62.4. The summed E-state index contributed by atoms with van der Waals surface area (Å²) >= 11 is 0. The predicted molar refractivity (Wildman–Crippen MR) is 382 cm³/mol. The first-order valence-corrected chi connectivity index (χ1v) is 31.3. The van der Waals surface area contributed by atoms with Crippen molar-refractivity contribution in [3.63, 3.8) is 0 Å². The van der Waals surface area contributed by atoms with Crippen LogP contribution in [0.25, 0.3) is 160 Å². The van der Waals surface area contributed by atoms with Gasteiger partial charge < -0.3 is 19.9 Å². The molecule has 11 heteroatoms. The number of benzene rings is 6. The third-order valence-electron chi connectivity index (χ3n) is 17.5. The maximum absolute atomic E-state index is 11.9. The molecule has 16 rings (SSSR count). The second-order valence-corrected chi connectivity index (χ2v) is 23.3. The highest BCUT2D eigenvalue weighted by Gasteiger charge is 2.22. The molecule has 0 aliphatic carbocycles. The standard InChI is InChI=1S/C82H57N9O2/c1-2-3-24-59-61-35-39-65(83-61)77(52-16-8-4-9-17-52)67-41-37-63(85-67)60(64-38-42-68(86-64)78(53-18-10-5-11-19-53)66-40-36-62(59)84-66)34-27-51-25-28-56(29-26-51)81-73-47-43-69(87-73)79(54-20-12-6-13-21-54)71-45-49-75(89-71)82(57-30-32-58(33-31-57)91(92)93)76-50-46-72(90-76)80(55-22-14-7-15-23-55)70-44-48-74(81)88-70/h4-23,25-26,28-33,35-50,83,86-87,90H,2-3,24H2,1H3. The van der Waals surface area contributed by atoms with Crippen molar-refractivity contribution in [3.05, 3.63) is 291 Å². The highest BCUT2D eigenvalue weighted by atomic mass is 16.6. The number of hydrogen-bond acceptors (Lipinski definition) is 6. The molecule has 0 radical (unpaired) electrons. The van der Waals surface area contributed by atoms with Crippen LogP contribution in [-0.4, -0.2) is 44.8 Å². The zero-order valence-corrected chi connectivity index (χ0v) is 50.6. The molecule has 93 heavy (non-hydrogen) atoms. The summed E-state index contributed by atoms with van der Waals surface area (Å²) in [5.41, 5.74) is 27.6. The number of H-pyrrole nitrogens is 4. The van der Waals surface area contributed by atoms with Gasteiger partial charge in [-0.05, 0) is 168 Å². The first kappa shape index (κ1) is 55.8. The molecule has 12 aromatic rings. The molecule has 0 amide bonds. The number of non-ortho nitro benzene ring substituents is 1. The molecule has 442 valence electrons. The lowest BCUT2D eigenvalue weighted by atomic mass is 10.0. The average molecular weight is 1200 g/mol. The molecule has 0 fully saturated rings. The number of fused-ring (bicyclic) bond motifs is 16. The lowest BCUT2D eigenvalue weighted by Gasteiger charge is -2.07. The van der Waals surface area contributed by atoms with E-state index in [-0.39, 0.29) is 10.6 Å². The van der Waals surface area contributed by atoms with Crippen LogP contribution >= 0.6 is 0 Å². The Morgan fingerprint density at radius 2 is 0.634 bits per heavy atom.